The molecule has 0 aromatic carbocycles. The maximum absolute atomic E-state index is 5.95. The van der Waals surface area contributed by atoms with Crippen LogP contribution in [-0.2, 0) is 0 Å². The first-order valence-electron chi connectivity index (χ1n) is 8.02. The minimum atomic E-state index is 0.529. The second-order valence-electron chi connectivity index (χ2n) is 6.08. The Hall–Kier alpha value is -1.10. The third kappa shape index (κ3) is 4.19. The van der Waals surface area contributed by atoms with Crippen molar-refractivity contribution >= 4 is 23.3 Å². The number of pyridine rings is 1. The standard InChI is InChI=1S/C16H25N3OS/c1-2-21-13-6-5-12(9-13)18-15-8-7-14(17)16(19-15)20-10-11-3-4-11/h7-8,11-13H,2-6,9-10,17H2,1H3,(H,18,19). The number of anilines is 2. The lowest BCUT2D eigenvalue weighted by Gasteiger charge is -2.15. The topological polar surface area (TPSA) is 60.2 Å². The Morgan fingerprint density at radius 2 is 2.19 bits per heavy atom. The van der Waals surface area contributed by atoms with Crippen LogP contribution in [0, 0.1) is 5.92 Å². The number of nitrogens with two attached hydrogens (primary N) is 1. The monoisotopic (exact) mass is 307 g/mol. The van der Waals surface area contributed by atoms with E-state index < -0.39 is 0 Å². The molecule has 3 rings (SSSR count). The SMILES string of the molecule is CCSC1CCC(Nc2ccc(N)c(OCC3CC3)n2)C1. The van der Waals surface area contributed by atoms with E-state index in [1.54, 1.807) is 0 Å². The van der Waals surface area contributed by atoms with Crippen molar-refractivity contribution < 1.29 is 4.74 Å². The average Bonchev–Trinajstić information content (AvgIpc) is 3.20. The molecule has 1 heterocycles. The molecule has 0 radical (unpaired) electrons. The van der Waals surface area contributed by atoms with Gasteiger partial charge in [-0.05, 0) is 55.9 Å². The number of hydrogen-bond acceptors (Lipinski definition) is 5. The molecule has 4 nitrogen and oxygen atoms in total. The van der Waals surface area contributed by atoms with E-state index in [4.69, 9.17) is 10.5 Å². The maximum Gasteiger partial charge on any atom is 0.239 e. The van der Waals surface area contributed by atoms with Gasteiger partial charge in [-0.25, -0.2) is 0 Å². The molecule has 2 aliphatic carbocycles. The number of rotatable bonds is 7. The number of aromatic nitrogens is 1. The zero-order chi connectivity index (χ0) is 14.7. The molecule has 5 heteroatoms. The molecule has 0 saturated heterocycles. The van der Waals surface area contributed by atoms with E-state index in [1.807, 2.05) is 12.1 Å². The molecule has 3 N–H and O–H groups in total. The molecule has 2 saturated carbocycles. The smallest absolute Gasteiger partial charge is 0.239 e. The average molecular weight is 307 g/mol. The van der Waals surface area contributed by atoms with E-state index in [2.05, 4.69) is 29.0 Å². The van der Waals surface area contributed by atoms with Gasteiger partial charge in [0.2, 0.25) is 5.88 Å². The van der Waals surface area contributed by atoms with Gasteiger partial charge in [-0.3, -0.25) is 0 Å². The van der Waals surface area contributed by atoms with Gasteiger partial charge >= 0.3 is 0 Å². The van der Waals surface area contributed by atoms with Gasteiger partial charge in [0.25, 0.3) is 0 Å². The third-order valence-corrected chi connectivity index (χ3v) is 5.41. The first-order chi connectivity index (χ1) is 10.2. The summed E-state index contributed by atoms with van der Waals surface area (Å²) in [6, 6.07) is 4.38. The van der Waals surface area contributed by atoms with Crippen LogP contribution in [0.25, 0.3) is 0 Å². The van der Waals surface area contributed by atoms with Crippen molar-refractivity contribution in [3.05, 3.63) is 12.1 Å². The van der Waals surface area contributed by atoms with E-state index in [1.165, 1.54) is 37.9 Å². The fourth-order valence-corrected chi connectivity index (χ4v) is 3.94. The van der Waals surface area contributed by atoms with Crippen LogP contribution in [0.3, 0.4) is 0 Å². The molecule has 0 amide bonds. The van der Waals surface area contributed by atoms with E-state index in [-0.39, 0.29) is 0 Å². The number of nitrogen functional groups attached to an aromatic ring is 1. The Labute approximate surface area is 131 Å². The quantitative estimate of drug-likeness (QED) is 0.807. The van der Waals surface area contributed by atoms with Gasteiger partial charge in [0.15, 0.2) is 0 Å². The summed E-state index contributed by atoms with van der Waals surface area (Å²) in [5.74, 6) is 3.40. The Bertz CT molecular complexity index is 479. The maximum atomic E-state index is 5.95. The molecule has 0 spiro atoms. The van der Waals surface area contributed by atoms with Crippen molar-refractivity contribution in [2.24, 2.45) is 5.92 Å². The second-order valence-corrected chi connectivity index (χ2v) is 7.65. The van der Waals surface area contributed by atoms with Crippen molar-refractivity contribution in [1.82, 2.24) is 4.98 Å². The molecule has 1 aromatic heterocycles. The van der Waals surface area contributed by atoms with E-state index in [0.29, 0.717) is 23.5 Å². The van der Waals surface area contributed by atoms with Crippen LogP contribution in [0.15, 0.2) is 12.1 Å². The van der Waals surface area contributed by atoms with Crippen LogP contribution in [0.1, 0.15) is 39.0 Å². The minimum Gasteiger partial charge on any atom is -0.476 e. The predicted octanol–water partition coefficient (Wildman–Crippen LogP) is 3.54. The molecule has 0 aliphatic heterocycles. The van der Waals surface area contributed by atoms with Crippen LogP contribution in [0.5, 0.6) is 5.88 Å². The zero-order valence-electron chi connectivity index (χ0n) is 12.7. The van der Waals surface area contributed by atoms with Crippen LogP contribution in [-0.4, -0.2) is 28.6 Å². The fraction of sp³-hybridized carbons (Fsp3) is 0.688. The van der Waals surface area contributed by atoms with Crippen LogP contribution >= 0.6 is 11.8 Å². The Balaban J connectivity index is 1.56. The number of nitrogens with one attached hydrogen (secondary N) is 1. The van der Waals surface area contributed by atoms with E-state index >= 15 is 0 Å². The van der Waals surface area contributed by atoms with Crippen molar-refractivity contribution in [3.63, 3.8) is 0 Å². The van der Waals surface area contributed by atoms with Gasteiger partial charge in [-0.2, -0.15) is 16.7 Å². The highest BCUT2D eigenvalue weighted by Gasteiger charge is 2.25. The lowest BCUT2D eigenvalue weighted by atomic mass is 10.2. The summed E-state index contributed by atoms with van der Waals surface area (Å²) in [6.07, 6.45) is 6.30. The molecular weight excluding hydrogens is 282 g/mol. The summed E-state index contributed by atoms with van der Waals surface area (Å²) in [6.45, 7) is 2.98. The van der Waals surface area contributed by atoms with Gasteiger partial charge in [0, 0.05) is 11.3 Å². The molecule has 116 valence electrons. The van der Waals surface area contributed by atoms with Crippen LogP contribution in [0.4, 0.5) is 11.5 Å². The van der Waals surface area contributed by atoms with Gasteiger partial charge in [-0.15, -0.1) is 0 Å². The lowest BCUT2D eigenvalue weighted by molar-refractivity contribution is 0.290. The largest absolute Gasteiger partial charge is 0.476 e. The first kappa shape index (κ1) is 14.8. The number of hydrogen-bond donors (Lipinski definition) is 2. The van der Waals surface area contributed by atoms with E-state index in [9.17, 15) is 0 Å². The first-order valence-corrected chi connectivity index (χ1v) is 9.07. The predicted molar refractivity (Wildman–Crippen MR) is 90.1 cm³/mol. The summed E-state index contributed by atoms with van der Waals surface area (Å²) < 4.78 is 5.75. The Kier molecular flexibility index (Phi) is 4.78. The molecule has 1 aromatic rings. The molecule has 0 bridgehead atoms. The Morgan fingerprint density at radius 1 is 1.33 bits per heavy atom. The van der Waals surface area contributed by atoms with Gasteiger partial charge in [0.05, 0.1) is 12.3 Å². The molecule has 2 unspecified atom stereocenters. The van der Waals surface area contributed by atoms with Gasteiger partial charge in [-0.1, -0.05) is 6.92 Å². The summed E-state index contributed by atoms with van der Waals surface area (Å²) >= 11 is 2.07. The Morgan fingerprint density at radius 3 is 2.95 bits per heavy atom. The molecule has 2 fully saturated rings. The summed E-state index contributed by atoms with van der Waals surface area (Å²) in [5, 5.41) is 4.34. The van der Waals surface area contributed by atoms with Gasteiger partial charge < -0.3 is 15.8 Å². The third-order valence-electron chi connectivity index (χ3n) is 4.18. The zero-order valence-corrected chi connectivity index (χ0v) is 13.5. The molecular formula is C16H25N3OS. The molecule has 2 atom stereocenters. The molecule has 21 heavy (non-hydrogen) atoms. The van der Waals surface area contributed by atoms with E-state index in [0.717, 1.165) is 17.7 Å². The normalized spacial score (nSPS) is 25.0. The number of nitrogens with zero attached hydrogens (tertiary/aromatic N) is 1. The minimum absolute atomic E-state index is 0.529. The highest BCUT2D eigenvalue weighted by Crippen LogP contribution is 2.33. The highest BCUT2D eigenvalue weighted by molar-refractivity contribution is 7.99. The van der Waals surface area contributed by atoms with Crippen molar-refractivity contribution in [2.45, 2.75) is 50.3 Å². The van der Waals surface area contributed by atoms with Crippen molar-refractivity contribution in [3.8, 4) is 5.88 Å². The highest BCUT2D eigenvalue weighted by atomic mass is 32.2. The van der Waals surface area contributed by atoms with Gasteiger partial charge in [0.1, 0.15) is 5.82 Å². The summed E-state index contributed by atoms with van der Waals surface area (Å²) in [4.78, 5) is 4.54. The number of ether oxygens (including phenoxy) is 1. The second kappa shape index (κ2) is 6.77. The number of thioether (sulfide) groups is 1. The van der Waals surface area contributed by atoms with Crippen LogP contribution < -0.4 is 15.8 Å². The molecule has 2 aliphatic rings. The summed E-state index contributed by atoms with van der Waals surface area (Å²) in [5.41, 5.74) is 6.58. The van der Waals surface area contributed by atoms with Crippen molar-refractivity contribution in [2.75, 3.05) is 23.4 Å². The fourth-order valence-electron chi connectivity index (χ4n) is 2.80. The van der Waals surface area contributed by atoms with Crippen molar-refractivity contribution in [1.29, 1.82) is 0 Å². The summed E-state index contributed by atoms with van der Waals surface area (Å²) in [7, 11) is 0. The van der Waals surface area contributed by atoms with Crippen LogP contribution in [0.2, 0.25) is 0 Å². The lowest BCUT2D eigenvalue weighted by Crippen LogP contribution is -2.17.